The first-order valence-corrected chi connectivity index (χ1v) is 14.3. The van der Waals surface area contributed by atoms with E-state index in [1.54, 1.807) is 30.3 Å². The Morgan fingerprint density at radius 3 is 2.52 bits per heavy atom. The zero-order valence-electron chi connectivity index (χ0n) is 25.4. The number of halogens is 4. The van der Waals surface area contributed by atoms with Gasteiger partial charge in [-0.2, -0.15) is 8.78 Å². The van der Waals surface area contributed by atoms with Crippen molar-refractivity contribution in [2.24, 2.45) is 7.05 Å². The van der Waals surface area contributed by atoms with Crippen molar-refractivity contribution in [1.82, 2.24) is 14.5 Å². The minimum atomic E-state index is -1.84. The number of nitrogens with zero attached hydrogens (tertiary/aromatic N) is 4. The van der Waals surface area contributed by atoms with E-state index < -0.39 is 40.5 Å². The van der Waals surface area contributed by atoms with Gasteiger partial charge in [-0.15, -0.1) is 0 Å². The lowest BCUT2D eigenvalue weighted by molar-refractivity contribution is -0.111. The summed E-state index contributed by atoms with van der Waals surface area (Å²) in [7, 11) is 5.15. The molecule has 0 aliphatic rings. The van der Waals surface area contributed by atoms with Crippen molar-refractivity contribution in [3.05, 3.63) is 108 Å². The Kier molecular flexibility index (Phi) is 9.26. The molecular formula is C34H31F4N5O3. The summed E-state index contributed by atoms with van der Waals surface area (Å²) in [5.74, 6) is -8.16. The first kappa shape index (κ1) is 32.0. The summed E-state index contributed by atoms with van der Waals surface area (Å²) in [6.07, 6.45) is 4.79. The van der Waals surface area contributed by atoms with E-state index in [-0.39, 0.29) is 25.8 Å². The van der Waals surface area contributed by atoms with Gasteiger partial charge >= 0.3 is 0 Å². The molecular weight excluding hydrogens is 602 g/mol. The molecule has 2 heterocycles. The molecule has 0 bridgehead atoms. The van der Waals surface area contributed by atoms with Crippen molar-refractivity contribution >= 4 is 28.2 Å². The molecule has 0 aliphatic carbocycles. The molecule has 12 heteroatoms. The number of anilines is 2. The molecule has 2 aromatic heterocycles. The number of phenolic OH excluding ortho intramolecular Hbond substituents is 1. The van der Waals surface area contributed by atoms with E-state index in [4.69, 9.17) is 9.72 Å². The molecule has 238 valence electrons. The molecule has 2 N–H and O–H groups in total. The number of methoxy groups -OCH3 is 1. The van der Waals surface area contributed by atoms with Gasteiger partial charge in [0.25, 0.3) is 0 Å². The van der Waals surface area contributed by atoms with Crippen LogP contribution in [0, 0.1) is 23.3 Å². The van der Waals surface area contributed by atoms with Gasteiger partial charge in [-0.05, 0) is 37.1 Å². The lowest BCUT2D eigenvalue weighted by atomic mass is 10.0. The average molecular weight is 634 g/mol. The Bertz CT molecular complexity index is 1930. The van der Waals surface area contributed by atoms with E-state index in [1.807, 2.05) is 48.1 Å². The number of fused-ring (bicyclic) bond motifs is 1. The van der Waals surface area contributed by atoms with Crippen LogP contribution in [-0.2, 0) is 24.7 Å². The minimum Gasteiger partial charge on any atom is -0.503 e. The quantitative estimate of drug-likeness (QED) is 0.0957. The number of para-hydroxylation sites is 1. The molecule has 0 saturated carbocycles. The number of hydrogen-bond donors (Lipinski definition) is 2. The van der Waals surface area contributed by atoms with Crippen LogP contribution in [0.5, 0.6) is 11.5 Å². The number of aromatic nitrogens is 3. The first-order valence-electron chi connectivity index (χ1n) is 14.3. The largest absolute Gasteiger partial charge is 0.503 e. The van der Waals surface area contributed by atoms with Gasteiger partial charge in [0.1, 0.15) is 11.6 Å². The highest BCUT2D eigenvalue weighted by Gasteiger charge is 2.25. The van der Waals surface area contributed by atoms with E-state index >= 15 is 0 Å². The molecule has 0 aliphatic heterocycles. The second-order valence-corrected chi connectivity index (χ2v) is 10.7. The van der Waals surface area contributed by atoms with E-state index in [0.29, 0.717) is 28.5 Å². The van der Waals surface area contributed by atoms with Crippen LogP contribution in [0.2, 0.25) is 0 Å². The lowest BCUT2D eigenvalue weighted by Gasteiger charge is -2.25. The number of amides is 1. The Hall–Kier alpha value is -5.39. The smallest absolute Gasteiger partial charge is 0.247 e. The number of hydrogen-bond acceptors (Lipinski definition) is 6. The van der Waals surface area contributed by atoms with Gasteiger partial charge in [-0.25, -0.2) is 18.7 Å². The van der Waals surface area contributed by atoms with Crippen molar-refractivity contribution in [1.29, 1.82) is 0 Å². The number of phenols is 1. The summed E-state index contributed by atoms with van der Waals surface area (Å²) in [5, 5.41) is 13.1. The number of rotatable bonds is 11. The Labute approximate surface area is 262 Å². The Morgan fingerprint density at radius 1 is 1.11 bits per heavy atom. The van der Waals surface area contributed by atoms with E-state index in [2.05, 4.69) is 16.9 Å². The van der Waals surface area contributed by atoms with Crippen LogP contribution in [0.4, 0.5) is 28.9 Å². The van der Waals surface area contributed by atoms with Crippen molar-refractivity contribution in [3.63, 3.8) is 0 Å². The van der Waals surface area contributed by atoms with Crippen molar-refractivity contribution in [2.45, 2.75) is 19.3 Å². The first-order chi connectivity index (χ1) is 22.0. The maximum absolute atomic E-state index is 14.3. The molecule has 1 amide bonds. The summed E-state index contributed by atoms with van der Waals surface area (Å²) in [4.78, 5) is 23.4. The van der Waals surface area contributed by atoms with Gasteiger partial charge in [0.15, 0.2) is 17.4 Å². The number of ether oxygens (including phenoxy) is 1. The summed E-state index contributed by atoms with van der Waals surface area (Å²) in [6, 6.07) is 13.3. The molecule has 0 atom stereocenters. The van der Waals surface area contributed by atoms with Gasteiger partial charge in [0.2, 0.25) is 17.5 Å². The Balaban J connectivity index is 1.42. The zero-order chi connectivity index (χ0) is 33.1. The van der Waals surface area contributed by atoms with Gasteiger partial charge in [-0.1, -0.05) is 24.8 Å². The van der Waals surface area contributed by atoms with Crippen LogP contribution in [0.3, 0.4) is 0 Å². The molecule has 5 aromatic rings. The molecule has 3 aromatic carbocycles. The molecule has 0 spiro atoms. The summed E-state index contributed by atoms with van der Waals surface area (Å²) >= 11 is 0. The van der Waals surface area contributed by atoms with Crippen LogP contribution in [0.15, 0.2) is 67.5 Å². The topological polar surface area (TPSA) is 92.5 Å². The van der Waals surface area contributed by atoms with E-state index in [1.165, 1.54) is 7.11 Å². The fourth-order valence-electron chi connectivity index (χ4n) is 5.39. The van der Waals surface area contributed by atoms with Gasteiger partial charge < -0.3 is 24.6 Å². The molecule has 46 heavy (non-hydrogen) atoms. The fraction of sp³-hybridized carbons (Fsp3) is 0.206. The third kappa shape index (κ3) is 6.23. The highest BCUT2D eigenvalue weighted by Crippen LogP contribution is 2.36. The third-order valence-corrected chi connectivity index (χ3v) is 7.73. The predicted octanol–water partition coefficient (Wildman–Crippen LogP) is 6.69. The summed E-state index contributed by atoms with van der Waals surface area (Å²) in [5.41, 5.74) is 3.55. The van der Waals surface area contributed by atoms with Crippen molar-refractivity contribution < 1.29 is 32.2 Å². The van der Waals surface area contributed by atoms with Crippen molar-refractivity contribution in [3.8, 4) is 22.8 Å². The molecule has 8 nitrogen and oxygen atoms in total. The number of aromatic hydroxyl groups is 1. The average Bonchev–Trinajstić information content (AvgIpc) is 3.40. The number of benzene rings is 3. The molecule has 0 saturated heterocycles. The molecule has 0 radical (unpaired) electrons. The van der Waals surface area contributed by atoms with Gasteiger partial charge in [-0.3, -0.25) is 4.79 Å². The van der Waals surface area contributed by atoms with Crippen molar-refractivity contribution in [2.75, 3.05) is 30.9 Å². The minimum absolute atomic E-state index is 0.0711. The van der Waals surface area contributed by atoms with Gasteiger partial charge in [0.05, 0.1) is 24.2 Å². The van der Waals surface area contributed by atoms with Crippen LogP contribution < -0.4 is 15.0 Å². The highest BCUT2D eigenvalue weighted by molar-refractivity contribution is 6.01. The standard InChI is InChI=1S/C34H31F4N5O3/c1-5-29(44)41-24-15-19(16-28-39-13-12-23(40-28)22-18-43(3)25-11-7-6-9-20(22)25)27(46-4)17-26(24)42(2)14-8-10-21-30(35)32(37)34(45)33(38)31(21)36/h5-7,9,11-13,15,17-18,45H,1,8,10,14,16H2,2-4H3,(H,41,44). The third-order valence-electron chi connectivity index (χ3n) is 7.73. The monoisotopic (exact) mass is 633 g/mol. The lowest BCUT2D eigenvalue weighted by Crippen LogP contribution is -2.22. The number of carbonyl (C=O) groups excluding carboxylic acids is 1. The number of aryl methyl sites for hydroxylation is 1. The second-order valence-electron chi connectivity index (χ2n) is 10.7. The zero-order valence-corrected chi connectivity index (χ0v) is 25.4. The van der Waals surface area contributed by atoms with Crippen LogP contribution >= 0.6 is 0 Å². The normalized spacial score (nSPS) is 11.1. The Morgan fingerprint density at radius 2 is 1.83 bits per heavy atom. The fourth-order valence-corrected chi connectivity index (χ4v) is 5.39. The van der Waals surface area contributed by atoms with Gasteiger partial charge in [0, 0.05) is 73.1 Å². The van der Waals surface area contributed by atoms with Crippen LogP contribution in [0.1, 0.15) is 23.4 Å². The number of nitrogens with one attached hydrogen (secondary N) is 1. The van der Waals surface area contributed by atoms with Crippen LogP contribution in [0.25, 0.3) is 22.2 Å². The maximum atomic E-state index is 14.3. The summed E-state index contributed by atoms with van der Waals surface area (Å²) in [6.45, 7) is 3.68. The highest BCUT2D eigenvalue weighted by atomic mass is 19.2. The maximum Gasteiger partial charge on any atom is 0.247 e. The molecule has 5 rings (SSSR count). The van der Waals surface area contributed by atoms with E-state index in [0.717, 1.165) is 28.2 Å². The molecule has 0 unspecified atom stereocenters. The molecule has 0 fully saturated rings. The second kappa shape index (κ2) is 13.3. The predicted molar refractivity (Wildman–Crippen MR) is 168 cm³/mol. The summed E-state index contributed by atoms with van der Waals surface area (Å²) < 4.78 is 63.9. The number of carbonyl (C=O) groups is 1. The SMILES string of the molecule is C=CC(=O)Nc1cc(Cc2nccc(-c3cn(C)c4ccccc34)n2)c(OC)cc1N(C)CCCc1c(F)c(F)c(O)c(F)c1F. The van der Waals surface area contributed by atoms with Crippen LogP contribution in [-0.4, -0.2) is 46.3 Å². The van der Waals surface area contributed by atoms with E-state index in [9.17, 15) is 27.5 Å².